The van der Waals surface area contributed by atoms with E-state index in [1.165, 1.54) is 6.07 Å². The molecular formula is C13H18ClFN4O. The lowest BCUT2D eigenvalue weighted by Gasteiger charge is -2.34. The van der Waals surface area contributed by atoms with Gasteiger partial charge in [-0.2, -0.15) is 0 Å². The first-order valence-corrected chi connectivity index (χ1v) is 6.81. The van der Waals surface area contributed by atoms with Crippen molar-refractivity contribution in [3.05, 3.63) is 34.6 Å². The van der Waals surface area contributed by atoms with Gasteiger partial charge in [0, 0.05) is 43.3 Å². The molecular weight excluding hydrogens is 283 g/mol. The molecule has 1 saturated heterocycles. The lowest BCUT2D eigenvalue weighted by Crippen LogP contribution is -2.48. The zero-order chi connectivity index (χ0) is 14.5. The summed E-state index contributed by atoms with van der Waals surface area (Å²) in [5.41, 5.74) is 6.09. The molecule has 0 aliphatic carbocycles. The number of oxime groups is 1. The van der Waals surface area contributed by atoms with Gasteiger partial charge in [-0.1, -0.05) is 16.8 Å². The van der Waals surface area contributed by atoms with Crippen molar-refractivity contribution in [1.82, 2.24) is 9.80 Å². The lowest BCUT2D eigenvalue weighted by molar-refractivity contribution is 0.138. The van der Waals surface area contributed by atoms with Crippen LogP contribution in [0, 0.1) is 5.82 Å². The highest BCUT2D eigenvalue weighted by atomic mass is 35.5. The highest BCUT2D eigenvalue weighted by molar-refractivity contribution is 6.30. The maximum Gasteiger partial charge on any atom is 0.153 e. The van der Waals surface area contributed by atoms with Gasteiger partial charge in [0.15, 0.2) is 5.84 Å². The molecule has 0 saturated carbocycles. The number of nitrogens with two attached hydrogens (primary N) is 1. The third-order valence-electron chi connectivity index (χ3n) is 3.38. The fraction of sp³-hybridized carbons (Fsp3) is 0.462. The molecule has 3 N–H and O–H groups in total. The largest absolute Gasteiger partial charge is 0.409 e. The number of nitrogens with zero attached hydrogens (tertiary/aromatic N) is 3. The molecule has 0 atom stereocenters. The highest BCUT2D eigenvalue weighted by Gasteiger charge is 2.18. The molecule has 0 radical (unpaired) electrons. The number of hydrogen-bond donors (Lipinski definition) is 2. The summed E-state index contributed by atoms with van der Waals surface area (Å²) in [6, 6.07) is 4.61. The Morgan fingerprint density at radius 3 is 2.60 bits per heavy atom. The fourth-order valence-corrected chi connectivity index (χ4v) is 2.47. The van der Waals surface area contributed by atoms with Gasteiger partial charge >= 0.3 is 0 Å². The topological polar surface area (TPSA) is 65.1 Å². The van der Waals surface area contributed by atoms with E-state index in [0.717, 1.165) is 26.2 Å². The Bertz CT molecular complexity index is 489. The molecule has 1 aromatic rings. The van der Waals surface area contributed by atoms with Crippen LogP contribution in [0.15, 0.2) is 23.4 Å². The summed E-state index contributed by atoms with van der Waals surface area (Å²) >= 11 is 5.89. The van der Waals surface area contributed by atoms with Crippen molar-refractivity contribution in [3.8, 4) is 0 Å². The smallest absolute Gasteiger partial charge is 0.153 e. The highest BCUT2D eigenvalue weighted by Crippen LogP contribution is 2.17. The second kappa shape index (κ2) is 6.88. The van der Waals surface area contributed by atoms with Crippen molar-refractivity contribution < 1.29 is 9.60 Å². The van der Waals surface area contributed by atoms with Gasteiger partial charge in [-0.25, -0.2) is 4.39 Å². The van der Waals surface area contributed by atoms with E-state index in [4.69, 9.17) is 22.5 Å². The quantitative estimate of drug-likeness (QED) is 0.381. The minimum atomic E-state index is -0.228. The molecule has 5 nitrogen and oxygen atoms in total. The Morgan fingerprint density at radius 2 is 1.95 bits per heavy atom. The van der Waals surface area contributed by atoms with Gasteiger partial charge in [-0.05, 0) is 18.2 Å². The van der Waals surface area contributed by atoms with E-state index < -0.39 is 0 Å². The lowest BCUT2D eigenvalue weighted by atomic mass is 10.2. The molecule has 2 rings (SSSR count). The number of amidine groups is 1. The van der Waals surface area contributed by atoms with Gasteiger partial charge in [0.1, 0.15) is 5.82 Å². The van der Waals surface area contributed by atoms with Crippen LogP contribution in [0.25, 0.3) is 0 Å². The summed E-state index contributed by atoms with van der Waals surface area (Å²) in [6.07, 6.45) is 0. The minimum absolute atomic E-state index is 0.208. The van der Waals surface area contributed by atoms with Crippen LogP contribution >= 0.6 is 11.6 Å². The van der Waals surface area contributed by atoms with Gasteiger partial charge in [0.2, 0.25) is 0 Å². The standard InChI is InChI=1S/C13H18ClFN4O/c14-11-1-2-12(15)10(7-11)8-18-3-5-19(6-4-18)9-13(16)17-20/h1-2,7,20H,3-6,8-9H2,(H2,16,17). The Kier molecular flexibility index (Phi) is 5.17. The molecule has 1 aliphatic rings. The zero-order valence-corrected chi connectivity index (χ0v) is 11.9. The van der Waals surface area contributed by atoms with Crippen LogP contribution in [0.1, 0.15) is 5.56 Å². The van der Waals surface area contributed by atoms with Gasteiger partial charge in [-0.15, -0.1) is 0 Å². The molecule has 1 heterocycles. The van der Waals surface area contributed by atoms with E-state index in [1.54, 1.807) is 12.1 Å². The van der Waals surface area contributed by atoms with Crippen LogP contribution in [0.4, 0.5) is 4.39 Å². The van der Waals surface area contributed by atoms with Crippen molar-refractivity contribution in [1.29, 1.82) is 0 Å². The van der Waals surface area contributed by atoms with Crippen molar-refractivity contribution in [3.63, 3.8) is 0 Å². The van der Waals surface area contributed by atoms with E-state index in [1.807, 2.05) is 0 Å². The van der Waals surface area contributed by atoms with E-state index in [2.05, 4.69) is 15.0 Å². The van der Waals surface area contributed by atoms with Crippen molar-refractivity contribution in [2.24, 2.45) is 10.9 Å². The third kappa shape index (κ3) is 4.06. The number of halogens is 2. The maximum absolute atomic E-state index is 13.7. The molecule has 7 heteroatoms. The first kappa shape index (κ1) is 15.0. The van der Waals surface area contributed by atoms with Gasteiger partial charge < -0.3 is 10.9 Å². The monoisotopic (exact) mass is 300 g/mol. The van der Waals surface area contributed by atoms with Crippen molar-refractivity contribution in [2.75, 3.05) is 32.7 Å². The first-order valence-electron chi connectivity index (χ1n) is 6.43. The minimum Gasteiger partial charge on any atom is -0.409 e. The van der Waals surface area contributed by atoms with Crippen LogP contribution in [0.2, 0.25) is 5.02 Å². The van der Waals surface area contributed by atoms with Crippen LogP contribution in [0.5, 0.6) is 0 Å². The van der Waals surface area contributed by atoms with E-state index in [0.29, 0.717) is 23.7 Å². The van der Waals surface area contributed by atoms with Crippen LogP contribution < -0.4 is 5.73 Å². The van der Waals surface area contributed by atoms with Crippen molar-refractivity contribution in [2.45, 2.75) is 6.54 Å². The molecule has 1 fully saturated rings. The molecule has 1 aliphatic heterocycles. The second-order valence-electron chi connectivity index (χ2n) is 4.88. The summed E-state index contributed by atoms with van der Waals surface area (Å²) < 4.78 is 13.7. The SMILES string of the molecule is N/C(CN1CCN(Cc2cc(Cl)ccc2F)CC1)=N/O. The van der Waals surface area contributed by atoms with E-state index >= 15 is 0 Å². The van der Waals surface area contributed by atoms with Crippen LogP contribution in [-0.4, -0.2) is 53.6 Å². The Hall–Kier alpha value is -1.37. The number of hydrogen-bond acceptors (Lipinski definition) is 4. The normalized spacial score (nSPS) is 18.4. The third-order valence-corrected chi connectivity index (χ3v) is 3.62. The number of benzene rings is 1. The molecule has 0 bridgehead atoms. The fourth-order valence-electron chi connectivity index (χ4n) is 2.27. The zero-order valence-electron chi connectivity index (χ0n) is 11.1. The maximum atomic E-state index is 13.7. The molecule has 0 amide bonds. The Balaban J connectivity index is 1.87. The van der Waals surface area contributed by atoms with Crippen molar-refractivity contribution >= 4 is 17.4 Å². The summed E-state index contributed by atoms with van der Waals surface area (Å²) in [4.78, 5) is 4.26. The Morgan fingerprint density at radius 1 is 1.30 bits per heavy atom. The molecule has 20 heavy (non-hydrogen) atoms. The van der Waals surface area contributed by atoms with Crippen LogP contribution in [-0.2, 0) is 6.54 Å². The predicted octanol–water partition coefficient (Wildman–Crippen LogP) is 1.34. The van der Waals surface area contributed by atoms with E-state index in [-0.39, 0.29) is 11.7 Å². The molecule has 0 aromatic heterocycles. The average molecular weight is 301 g/mol. The number of rotatable bonds is 4. The summed E-state index contributed by atoms with van der Waals surface area (Å²) in [7, 11) is 0. The summed E-state index contributed by atoms with van der Waals surface area (Å²) in [5, 5.41) is 12.1. The molecule has 1 aromatic carbocycles. The number of piperazine rings is 1. The van der Waals surface area contributed by atoms with Gasteiger partial charge in [0.25, 0.3) is 0 Å². The Labute approximate surface area is 122 Å². The first-order chi connectivity index (χ1) is 9.58. The van der Waals surface area contributed by atoms with Gasteiger partial charge in [-0.3, -0.25) is 9.80 Å². The average Bonchev–Trinajstić information content (AvgIpc) is 2.45. The molecule has 0 spiro atoms. The molecule has 0 unspecified atom stereocenters. The van der Waals surface area contributed by atoms with Gasteiger partial charge in [0.05, 0.1) is 6.54 Å². The summed E-state index contributed by atoms with van der Waals surface area (Å²) in [6.45, 7) is 4.23. The van der Waals surface area contributed by atoms with Crippen LogP contribution in [0.3, 0.4) is 0 Å². The molecule has 110 valence electrons. The summed E-state index contributed by atoms with van der Waals surface area (Å²) in [5.74, 6) is -0.0205. The van der Waals surface area contributed by atoms with E-state index in [9.17, 15) is 4.39 Å². The predicted molar refractivity (Wildman–Crippen MR) is 76.5 cm³/mol. The second-order valence-corrected chi connectivity index (χ2v) is 5.32.